The normalized spacial score (nSPS) is 16.6. The Morgan fingerprint density at radius 1 is 1.17 bits per heavy atom. The van der Waals surface area contributed by atoms with Crippen LogP contribution in [0, 0.1) is 10.1 Å². The van der Waals surface area contributed by atoms with Crippen molar-refractivity contribution in [3.63, 3.8) is 0 Å². The highest BCUT2D eigenvalue weighted by molar-refractivity contribution is 5.42. The van der Waals surface area contributed by atoms with Gasteiger partial charge in [-0.05, 0) is 48.7 Å². The van der Waals surface area contributed by atoms with Gasteiger partial charge in [0.2, 0.25) is 0 Å². The maximum absolute atomic E-state index is 11.1. The number of hydrogen-bond acceptors (Lipinski definition) is 5. The van der Waals surface area contributed by atoms with Gasteiger partial charge in [0.25, 0.3) is 5.69 Å². The van der Waals surface area contributed by atoms with Crippen LogP contribution in [0.5, 0.6) is 11.5 Å². The highest BCUT2D eigenvalue weighted by atomic mass is 16.6. The van der Waals surface area contributed by atoms with Gasteiger partial charge in [-0.2, -0.15) is 0 Å². The average molecular weight is 407 g/mol. The summed E-state index contributed by atoms with van der Waals surface area (Å²) in [6.45, 7) is 4.86. The predicted octanol–water partition coefficient (Wildman–Crippen LogP) is 4.50. The minimum absolute atomic E-state index is 0.0207. The van der Waals surface area contributed by atoms with Gasteiger partial charge in [-0.3, -0.25) is 15.0 Å². The van der Waals surface area contributed by atoms with Crippen molar-refractivity contribution >= 4 is 5.69 Å². The second-order valence-electron chi connectivity index (χ2n) is 7.44. The van der Waals surface area contributed by atoms with Crippen molar-refractivity contribution in [2.24, 2.45) is 0 Å². The van der Waals surface area contributed by atoms with Crippen LogP contribution in [0.15, 0.2) is 60.8 Å². The van der Waals surface area contributed by atoms with Crippen LogP contribution in [-0.4, -0.2) is 32.6 Å². The summed E-state index contributed by atoms with van der Waals surface area (Å²) in [4.78, 5) is 13.1. The Morgan fingerprint density at radius 2 is 1.97 bits per heavy atom. The molecule has 0 saturated carbocycles. The number of rotatable bonds is 6. The third-order valence-electron chi connectivity index (χ3n) is 5.48. The van der Waals surface area contributed by atoms with Crippen LogP contribution >= 0.6 is 0 Å². The van der Waals surface area contributed by atoms with Crippen LogP contribution in [0.3, 0.4) is 0 Å². The second-order valence-corrected chi connectivity index (χ2v) is 7.44. The molecule has 1 aliphatic heterocycles. The number of phenols is 1. The molecule has 3 aromatic rings. The van der Waals surface area contributed by atoms with Gasteiger partial charge < -0.3 is 14.4 Å². The molecule has 0 spiro atoms. The minimum Gasteiger partial charge on any atom is -0.504 e. The van der Waals surface area contributed by atoms with E-state index in [1.165, 1.54) is 5.69 Å². The summed E-state index contributed by atoms with van der Waals surface area (Å²) in [5.74, 6) is 0.623. The summed E-state index contributed by atoms with van der Waals surface area (Å²) in [6.07, 6.45) is 3.09. The lowest BCUT2D eigenvalue weighted by Gasteiger charge is -2.30. The van der Waals surface area contributed by atoms with Gasteiger partial charge in [0.1, 0.15) is 0 Å². The number of non-ortho nitro benzene ring substituents is 1. The van der Waals surface area contributed by atoms with Crippen molar-refractivity contribution in [2.75, 3.05) is 13.2 Å². The number of aryl methyl sites for hydroxylation is 1. The Morgan fingerprint density at radius 3 is 2.70 bits per heavy atom. The smallest absolute Gasteiger partial charge is 0.269 e. The van der Waals surface area contributed by atoms with E-state index in [-0.39, 0.29) is 22.4 Å². The molecule has 7 nitrogen and oxygen atoms in total. The van der Waals surface area contributed by atoms with Crippen molar-refractivity contribution in [3.05, 3.63) is 87.7 Å². The highest BCUT2D eigenvalue weighted by Gasteiger charge is 2.28. The molecule has 1 N–H and O–H groups in total. The molecule has 0 radical (unpaired) electrons. The van der Waals surface area contributed by atoms with E-state index in [0.717, 1.165) is 30.6 Å². The molecule has 0 unspecified atom stereocenters. The SMILES string of the molecule is CCOc1cc(CN2CCCn3cccc3[C@@H]2c2ccc([N+](=O)[O-])cc2)ccc1O. The Hall–Kier alpha value is -3.32. The minimum atomic E-state index is -0.372. The van der Waals surface area contributed by atoms with E-state index >= 15 is 0 Å². The summed E-state index contributed by atoms with van der Waals surface area (Å²) in [7, 11) is 0. The molecule has 0 amide bonds. The van der Waals surface area contributed by atoms with Gasteiger partial charge in [0.05, 0.1) is 17.6 Å². The summed E-state index contributed by atoms with van der Waals surface area (Å²) in [6, 6.07) is 16.4. The lowest BCUT2D eigenvalue weighted by Crippen LogP contribution is -2.29. The lowest BCUT2D eigenvalue weighted by molar-refractivity contribution is -0.384. The molecule has 1 atom stereocenters. The zero-order chi connectivity index (χ0) is 21.1. The molecular formula is C23H25N3O4. The number of aromatic nitrogens is 1. The highest BCUT2D eigenvalue weighted by Crippen LogP contribution is 2.35. The van der Waals surface area contributed by atoms with Gasteiger partial charge in [-0.15, -0.1) is 0 Å². The number of aromatic hydroxyl groups is 1. The summed E-state index contributed by atoms with van der Waals surface area (Å²) in [5, 5.41) is 21.1. The van der Waals surface area contributed by atoms with Crippen LogP contribution in [0.25, 0.3) is 0 Å². The van der Waals surface area contributed by atoms with Crippen molar-refractivity contribution < 1.29 is 14.8 Å². The van der Waals surface area contributed by atoms with E-state index in [4.69, 9.17) is 4.74 Å². The Labute approximate surface area is 175 Å². The Bertz CT molecular complexity index is 1030. The van der Waals surface area contributed by atoms with E-state index in [1.807, 2.05) is 37.3 Å². The number of nitro benzene ring substituents is 1. The van der Waals surface area contributed by atoms with Crippen LogP contribution in [0.2, 0.25) is 0 Å². The van der Waals surface area contributed by atoms with E-state index in [2.05, 4.69) is 21.7 Å². The molecule has 4 rings (SSSR count). The quantitative estimate of drug-likeness (QED) is 0.481. The predicted molar refractivity (Wildman–Crippen MR) is 114 cm³/mol. The number of ether oxygens (including phenoxy) is 1. The molecular weight excluding hydrogens is 382 g/mol. The van der Waals surface area contributed by atoms with Crippen LogP contribution in [0.1, 0.15) is 36.2 Å². The number of nitro groups is 1. The van der Waals surface area contributed by atoms with Gasteiger partial charge in [-0.25, -0.2) is 0 Å². The zero-order valence-electron chi connectivity index (χ0n) is 16.9. The molecule has 0 aliphatic carbocycles. The zero-order valence-corrected chi connectivity index (χ0v) is 16.9. The first kappa shape index (κ1) is 20.0. The first-order valence-corrected chi connectivity index (χ1v) is 10.1. The molecule has 156 valence electrons. The third kappa shape index (κ3) is 4.02. The largest absolute Gasteiger partial charge is 0.504 e. The Kier molecular flexibility index (Phi) is 5.72. The van der Waals surface area contributed by atoms with E-state index in [0.29, 0.717) is 18.9 Å². The molecule has 0 fully saturated rings. The molecule has 30 heavy (non-hydrogen) atoms. The monoisotopic (exact) mass is 407 g/mol. The van der Waals surface area contributed by atoms with Crippen molar-refractivity contribution in [3.8, 4) is 11.5 Å². The standard InChI is InChI=1S/C23H25N3O4/c1-2-30-22-15-17(6-11-21(22)27)16-25-14-4-13-24-12-3-5-20(24)23(25)18-7-9-19(10-8-18)26(28)29/h3,5-12,15,23,27H,2,4,13-14,16H2,1H3/t23-/m0/s1. The molecule has 0 bridgehead atoms. The van der Waals surface area contributed by atoms with Crippen molar-refractivity contribution in [1.82, 2.24) is 9.47 Å². The maximum Gasteiger partial charge on any atom is 0.269 e. The van der Waals surface area contributed by atoms with Crippen molar-refractivity contribution in [1.29, 1.82) is 0 Å². The van der Waals surface area contributed by atoms with Gasteiger partial charge in [-0.1, -0.05) is 18.2 Å². The van der Waals surface area contributed by atoms with Crippen molar-refractivity contribution in [2.45, 2.75) is 32.5 Å². The second kappa shape index (κ2) is 8.59. The van der Waals surface area contributed by atoms with E-state index in [1.54, 1.807) is 18.2 Å². The molecule has 1 aromatic heterocycles. The third-order valence-corrected chi connectivity index (χ3v) is 5.48. The topological polar surface area (TPSA) is 80.8 Å². The van der Waals surface area contributed by atoms with Crippen LogP contribution in [0.4, 0.5) is 5.69 Å². The van der Waals surface area contributed by atoms with Gasteiger partial charge in [0.15, 0.2) is 11.5 Å². The van der Waals surface area contributed by atoms with E-state index < -0.39 is 0 Å². The molecule has 1 aliphatic rings. The number of benzene rings is 2. The molecule has 2 aromatic carbocycles. The number of nitrogens with zero attached hydrogens (tertiary/aromatic N) is 3. The Balaban J connectivity index is 1.70. The lowest BCUT2D eigenvalue weighted by atomic mass is 10.0. The summed E-state index contributed by atoms with van der Waals surface area (Å²) in [5.41, 5.74) is 3.33. The van der Waals surface area contributed by atoms with Gasteiger partial charge >= 0.3 is 0 Å². The molecule has 0 saturated heterocycles. The van der Waals surface area contributed by atoms with E-state index in [9.17, 15) is 15.2 Å². The fourth-order valence-electron chi connectivity index (χ4n) is 4.13. The fraction of sp³-hybridized carbons (Fsp3) is 0.304. The first-order chi connectivity index (χ1) is 14.6. The van der Waals surface area contributed by atoms with Crippen LogP contribution in [-0.2, 0) is 13.1 Å². The maximum atomic E-state index is 11.1. The average Bonchev–Trinajstić information content (AvgIpc) is 3.12. The summed E-state index contributed by atoms with van der Waals surface area (Å²) < 4.78 is 7.80. The summed E-state index contributed by atoms with van der Waals surface area (Å²) >= 11 is 0. The molecule has 7 heteroatoms. The van der Waals surface area contributed by atoms with Crippen LogP contribution < -0.4 is 4.74 Å². The first-order valence-electron chi connectivity index (χ1n) is 10.1. The molecule has 2 heterocycles. The number of phenolic OH excluding ortho intramolecular Hbond substituents is 1. The number of fused-ring (bicyclic) bond motifs is 1. The van der Waals surface area contributed by atoms with Gasteiger partial charge in [0, 0.05) is 43.7 Å². The number of hydrogen-bond donors (Lipinski definition) is 1. The fourth-order valence-corrected chi connectivity index (χ4v) is 4.13.